The minimum absolute atomic E-state index is 0.212. The predicted molar refractivity (Wildman–Crippen MR) is 139 cm³/mol. The van der Waals surface area contributed by atoms with Gasteiger partial charge in [0.25, 0.3) is 0 Å². The molecular formula is C26H26ClN5OS. The third-order valence-electron chi connectivity index (χ3n) is 5.32. The van der Waals surface area contributed by atoms with Gasteiger partial charge in [-0.3, -0.25) is 4.57 Å². The van der Waals surface area contributed by atoms with Crippen LogP contribution in [0.5, 0.6) is 0 Å². The number of amides is 2. The maximum absolute atomic E-state index is 12.6. The number of halogens is 1. The number of carbonyl (C=O) groups excluding carboxylic acids is 1. The molecule has 0 fully saturated rings. The molecule has 0 aliphatic heterocycles. The third-order valence-corrected chi connectivity index (χ3v) is 6.56. The van der Waals surface area contributed by atoms with Crippen molar-refractivity contribution in [3.63, 3.8) is 0 Å². The number of thioether (sulfide) groups is 1. The molecule has 2 N–H and O–H groups in total. The highest BCUT2D eigenvalue weighted by molar-refractivity contribution is 7.98. The molecule has 3 aromatic carbocycles. The quantitative estimate of drug-likeness (QED) is 0.279. The molecule has 4 rings (SSSR count). The molecule has 0 aliphatic carbocycles. The van der Waals surface area contributed by atoms with Crippen molar-refractivity contribution in [1.29, 1.82) is 0 Å². The molecule has 0 spiro atoms. The summed E-state index contributed by atoms with van der Waals surface area (Å²) in [7, 11) is 0. The Hall–Kier alpha value is -3.29. The SMILES string of the molecule is CCc1cccc(NC(=O)NCc2nnc(SCc3ccccc3)n2-c2cc(Cl)ccc2C)c1. The molecule has 0 radical (unpaired) electrons. The first-order valence-corrected chi connectivity index (χ1v) is 12.4. The van der Waals surface area contributed by atoms with Gasteiger partial charge in [-0.15, -0.1) is 10.2 Å². The molecule has 8 heteroatoms. The van der Waals surface area contributed by atoms with Crippen LogP contribution in [0.4, 0.5) is 10.5 Å². The first-order chi connectivity index (χ1) is 16.5. The van der Waals surface area contributed by atoms with Crippen molar-refractivity contribution < 1.29 is 4.79 Å². The molecule has 0 bridgehead atoms. The van der Waals surface area contributed by atoms with Crippen molar-refractivity contribution in [2.24, 2.45) is 0 Å². The molecule has 1 aromatic heterocycles. The lowest BCUT2D eigenvalue weighted by molar-refractivity contribution is 0.251. The van der Waals surface area contributed by atoms with Crippen molar-refractivity contribution in [3.05, 3.63) is 100 Å². The number of nitrogens with one attached hydrogen (secondary N) is 2. The van der Waals surface area contributed by atoms with Gasteiger partial charge in [0.05, 0.1) is 12.2 Å². The Morgan fingerprint density at radius 3 is 2.59 bits per heavy atom. The predicted octanol–water partition coefficient (Wildman–Crippen LogP) is 6.41. The van der Waals surface area contributed by atoms with Crippen LogP contribution in [0.1, 0.15) is 29.4 Å². The molecule has 0 saturated carbocycles. The van der Waals surface area contributed by atoms with E-state index in [0.717, 1.165) is 39.8 Å². The van der Waals surface area contributed by atoms with Crippen LogP contribution in [0.3, 0.4) is 0 Å². The summed E-state index contributed by atoms with van der Waals surface area (Å²) in [6.45, 7) is 4.31. The van der Waals surface area contributed by atoms with E-state index in [-0.39, 0.29) is 12.6 Å². The van der Waals surface area contributed by atoms with Gasteiger partial charge >= 0.3 is 6.03 Å². The van der Waals surface area contributed by atoms with Gasteiger partial charge < -0.3 is 10.6 Å². The Morgan fingerprint density at radius 2 is 1.79 bits per heavy atom. The first kappa shape index (κ1) is 23.9. The van der Waals surface area contributed by atoms with Gasteiger partial charge in [0.2, 0.25) is 0 Å². The topological polar surface area (TPSA) is 71.8 Å². The highest BCUT2D eigenvalue weighted by atomic mass is 35.5. The zero-order valence-electron chi connectivity index (χ0n) is 19.1. The van der Waals surface area contributed by atoms with Crippen LogP contribution in [0.15, 0.2) is 78.0 Å². The summed E-state index contributed by atoms with van der Waals surface area (Å²) in [5.74, 6) is 1.37. The van der Waals surface area contributed by atoms with Crippen molar-refractivity contribution in [3.8, 4) is 5.69 Å². The summed E-state index contributed by atoms with van der Waals surface area (Å²) < 4.78 is 1.97. The van der Waals surface area contributed by atoms with Gasteiger partial charge in [-0.25, -0.2) is 4.79 Å². The molecule has 2 amide bonds. The van der Waals surface area contributed by atoms with Gasteiger partial charge in [0, 0.05) is 16.5 Å². The molecule has 0 unspecified atom stereocenters. The average Bonchev–Trinajstić information content (AvgIpc) is 3.26. The molecule has 1 heterocycles. The maximum atomic E-state index is 12.6. The fourth-order valence-electron chi connectivity index (χ4n) is 3.50. The van der Waals surface area contributed by atoms with Gasteiger partial charge in [-0.2, -0.15) is 0 Å². The zero-order valence-corrected chi connectivity index (χ0v) is 20.7. The van der Waals surface area contributed by atoms with Crippen LogP contribution in [0, 0.1) is 6.92 Å². The van der Waals surface area contributed by atoms with Crippen molar-refractivity contribution in [2.75, 3.05) is 5.32 Å². The minimum Gasteiger partial charge on any atom is -0.331 e. The summed E-state index contributed by atoms with van der Waals surface area (Å²) in [6, 6.07) is 23.4. The van der Waals surface area contributed by atoms with Crippen LogP contribution in [-0.4, -0.2) is 20.8 Å². The number of aryl methyl sites for hydroxylation is 2. The van der Waals surface area contributed by atoms with E-state index in [4.69, 9.17) is 11.6 Å². The van der Waals surface area contributed by atoms with E-state index in [9.17, 15) is 4.79 Å². The Bertz CT molecular complexity index is 1280. The molecule has 6 nitrogen and oxygen atoms in total. The Morgan fingerprint density at radius 1 is 1.00 bits per heavy atom. The van der Waals surface area contributed by atoms with Crippen LogP contribution in [-0.2, 0) is 18.7 Å². The van der Waals surface area contributed by atoms with Gasteiger partial charge in [0.15, 0.2) is 11.0 Å². The monoisotopic (exact) mass is 491 g/mol. The van der Waals surface area contributed by atoms with Crippen molar-refractivity contribution in [2.45, 2.75) is 37.7 Å². The van der Waals surface area contributed by atoms with Crippen molar-refractivity contribution >= 4 is 35.1 Å². The van der Waals surface area contributed by atoms with E-state index in [1.807, 2.05) is 72.2 Å². The molecule has 4 aromatic rings. The van der Waals surface area contributed by atoms with Crippen LogP contribution in [0.2, 0.25) is 5.02 Å². The number of hydrogen-bond acceptors (Lipinski definition) is 4. The first-order valence-electron chi connectivity index (χ1n) is 11.0. The summed E-state index contributed by atoms with van der Waals surface area (Å²) in [4.78, 5) is 12.6. The second kappa shape index (κ2) is 11.2. The largest absolute Gasteiger partial charge is 0.331 e. The standard InChI is InChI=1S/C26H26ClN5OS/c1-3-19-10-7-11-22(14-19)29-25(33)28-16-24-30-31-26(34-17-20-8-5-4-6-9-20)32(24)23-15-21(27)13-12-18(23)2/h4-15H,3,16-17H2,1-2H3,(H2,28,29,33). The van der Waals surface area contributed by atoms with Gasteiger partial charge in [0.1, 0.15) is 0 Å². The smallest absolute Gasteiger partial charge is 0.319 e. The van der Waals surface area contributed by atoms with E-state index in [1.54, 1.807) is 11.8 Å². The number of rotatable bonds is 8. The van der Waals surface area contributed by atoms with Gasteiger partial charge in [-0.1, -0.05) is 78.8 Å². The lowest BCUT2D eigenvalue weighted by Gasteiger charge is -2.14. The van der Waals surface area contributed by atoms with Crippen LogP contribution >= 0.6 is 23.4 Å². The molecule has 0 saturated heterocycles. The number of nitrogens with zero attached hydrogens (tertiary/aromatic N) is 3. The summed E-state index contributed by atoms with van der Waals surface area (Å²) >= 11 is 7.90. The van der Waals surface area contributed by atoms with Gasteiger partial charge in [-0.05, 0) is 54.3 Å². The highest BCUT2D eigenvalue weighted by Gasteiger charge is 2.17. The zero-order chi connectivity index (χ0) is 23.9. The molecular weight excluding hydrogens is 466 g/mol. The van der Waals surface area contributed by atoms with Crippen LogP contribution in [0.25, 0.3) is 5.69 Å². The third kappa shape index (κ3) is 5.98. The molecule has 0 atom stereocenters. The summed E-state index contributed by atoms with van der Waals surface area (Å²) in [5.41, 5.74) is 5.03. The lowest BCUT2D eigenvalue weighted by Crippen LogP contribution is -2.29. The van der Waals surface area contributed by atoms with Crippen LogP contribution < -0.4 is 10.6 Å². The number of anilines is 1. The lowest BCUT2D eigenvalue weighted by atomic mass is 10.1. The van der Waals surface area contributed by atoms with E-state index >= 15 is 0 Å². The normalized spacial score (nSPS) is 10.8. The number of benzene rings is 3. The fraction of sp³-hybridized carbons (Fsp3) is 0.192. The van der Waals surface area contributed by atoms with E-state index in [0.29, 0.717) is 10.8 Å². The highest BCUT2D eigenvalue weighted by Crippen LogP contribution is 2.28. The maximum Gasteiger partial charge on any atom is 0.319 e. The summed E-state index contributed by atoms with van der Waals surface area (Å²) in [6.07, 6.45) is 0.905. The Balaban J connectivity index is 1.54. The molecule has 174 valence electrons. The number of urea groups is 1. The number of aromatic nitrogens is 3. The van der Waals surface area contributed by atoms with E-state index in [1.165, 1.54) is 5.56 Å². The fourth-order valence-corrected chi connectivity index (χ4v) is 4.59. The molecule has 34 heavy (non-hydrogen) atoms. The molecule has 0 aliphatic rings. The Kier molecular flexibility index (Phi) is 7.87. The minimum atomic E-state index is -0.302. The van der Waals surface area contributed by atoms with E-state index in [2.05, 4.69) is 39.9 Å². The number of hydrogen-bond donors (Lipinski definition) is 2. The summed E-state index contributed by atoms with van der Waals surface area (Å²) in [5, 5.41) is 16.0. The average molecular weight is 492 g/mol. The van der Waals surface area contributed by atoms with Crippen molar-refractivity contribution in [1.82, 2.24) is 20.1 Å². The Labute approximate surface area is 208 Å². The second-order valence-corrected chi connectivity index (χ2v) is 9.18. The number of carbonyl (C=O) groups is 1. The second-order valence-electron chi connectivity index (χ2n) is 7.80. The van der Waals surface area contributed by atoms with E-state index < -0.39 is 0 Å².